The number of benzene rings is 3. The van der Waals surface area contributed by atoms with E-state index in [-0.39, 0.29) is 22.8 Å². The molecule has 0 saturated heterocycles. The second-order valence-corrected chi connectivity index (χ2v) is 7.72. The number of hydrogen-bond donors (Lipinski definition) is 2. The number of aromatic carboxylic acids is 1. The maximum atomic E-state index is 12.7. The summed E-state index contributed by atoms with van der Waals surface area (Å²) in [6.45, 7) is -0.494. The Bertz CT molecular complexity index is 1470. The number of hydrogen-bond acceptors (Lipinski definition) is 7. The first-order chi connectivity index (χ1) is 17.9. The van der Waals surface area contributed by atoms with Gasteiger partial charge in [0.2, 0.25) is 5.88 Å². The summed E-state index contributed by atoms with van der Waals surface area (Å²) in [6.07, 6.45) is 0. The number of carboxylic acid groups (broad SMARTS) is 1. The van der Waals surface area contributed by atoms with Crippen LogP contribution in [-0.4, -0.2) is 37.8 Å². The predicted molar refractivity (Wildman–Crippen MR) is 135 cm³/mol. The molecule has 1 amide bonds. The van der Waals surface area contributed by atoms with E-state index >= 15 is 0 Å². The molecule has 0 aliphatic heterocycles. The zero-order valence-electron chi connectivity index (χ0n) is 20.0. The van der Waals surface area contributed by atoms with Crippen LogP contribution in [0.25, 0.3) is 22.5 Å². The van der Waals surface area contributed by atoms with Crippen LogP contribution in [0.3, 0.4) is 0 Å². The molecule has 0 bridgehead atoms. The number of amides is 1. The highest BCUT2D eigenvalue weighted by Crippen LogP contribution is 2.42. The number of carboxylic acids is 1. The fraction of sp³-hybridized carbons (Fsp3) is 0.107. The van der Waals surface area contributed by atoms with E-state index in [4.69, 9.17) is 18.6 Å². The Morgan fingerprint density at radius 1 is 0.919 bits per heavy atom. The van der Waals surface area contributed by atoms with Crippen LogP contribution < -0.4 is 19.5 Å². The van der Waals surface area contributed by atoms with Crippen LogP contribution in [0.15, 0.2) is 77.2 Å². The van der Waals surface area contributed by atoms with Gasteiger partial charge in [0.1, 0.15) is 40.2 Å². The molecule has 0 radical (unpaired) electrons. The van der Waals surface area contributed by atoms with Crippen molar-refractivity contribution in [3.63, 3.8) is 0 Å². The Morgan fingerprint density at radius 2 is 1.51 bits per heavy atom. The van der Waals surface area contributed by atoms with Crippen LogP contribution in [0, 0.1) is 11.3 Å². The highest BCUT2D eigenvalue weighted by atomic mass is 16.5. The van der Waals surface area contributed by atoms with Crippen LogP contribution in [0.2, 0.25) is 0 Å². The summed E-state index contributed by atoms with van der Waals surface area (Å²) in [5.41, 5.74) is 1.88. The molecule has 0 aliphatic rings. The Hall–Kier alpha value is -5.23. The molecule has 9 nitrogen and oxygen atoms in total. The van der Waals surface area contributed by atoms with Gasteiger partial charge in [-0.15, -0.1) is 0 Å². The largest absolute Gasteiger partial charge is 0.497 e. The van der Waals surface area contributed by atoms with Crippen molar-refractivity contribution in [3.05, 3.63) is 83.9 Å². The molecular weight excluding hydrogens is 476 g/mol. The van der Waals surface area contributed by atoms with Gasteiger partial charge >= 0.3 is 5.97 Å². The molecule has 0 spiro atoms. The monoisotopic (exact) mass is 498 g/mol. The van der Waals surface area contributed by atoms with E-state index < -0.39 is 18.5 Å². The number of ether oxygens (including phenoxy) is 3. The molecule has 186 valence electrons. The standard InChI is InChI=1S/C28H22N2O7/c1-34-19-11-7-17(8-12-19)25-22(15-29)27(37-26(25)18-9-13-20(35-2)14-10-18)30-24(31)16-36-23-6-4-3-5-21(23)28(32)33/h3-14H,16H2,1-2H3,(H,30,31)(H,32,33). The number of para-hydroxylation sites is 1. The van der Waals surface area contributed by atoms with Crippen LogP contribution in [0.1, 0.15) is 15.9 Å². The first-order valence-corrected chi connectivity index (χ1v) is 11.1. The Balaban J connectivity index is 1.68. The SMILES string of the molecule is COc1ccc(-c2oc(NC(=O)COc3ccccc3C(=O)O)c(C#N)c2-c2ccc(OC)cc2)cc1. The number of carbonyl (C=O) groups excluding carboxylic acids is 1. The van der Waals surface area contributed by atoms with Gasteiger partial charge in [0.05, 0.1) is 14.2 Å². The molecule has 1 heterocycles. The molecule has 4 rings (SSSR count). The number of furan rings is 1. The molecule has 0 aliphatic carbocycles. The van der Waals surface area contributed by atoms with Crippen molar-refractivity contribution in [2.45, 2.75) is 0 Å². The van der Waals surface area contributed by atoms with Gasteiger partial charge in [-0.3, -0.25) is 10.1 Å². The number of rotatable bonds is 9. The Morgan fingerprint density at radius 3 is 2.08 bits per heavy atom. The molecule has 4 aromatic rings. The average molecular weight is 498 g/mol. The average Bonchev–Trinajstić information content (AvgIpc) is 3.29. The quantitative estimate of drug-likeness (QED) is 0.321. The number of nitriles is 1. The van der Waals surface area contributed by atoms with Gasteiger partial charge in [0.25, 0.3) is 5.91 Å². The number of nitrogens with one attached hydrogen (secondary N) is 1. The van der Waals surface area contributed by atoms with Crippen molar-refractivity contribution in [2.24, 2.45) is 0 Å². The summed E-state index contributed by atoms with van der Waals surface area (Å²) >= 11 is 0. The molecule has 37 heavy (non-hydrogen) atoms. The van der Waals surface area contributed by atoms with Gasteiger partial charge < -0.3 is 23.7 Å². The lowest BCUT2D eigenvalue weighted by Crippen LogP contribution is -2.21. The third kappa shape index (κ3) is 5.39. The van der Waals surface area contributed by atoms with Gasteiger partial charge in [-0.2, -0.15) is 5.26 Å². The smallest absolute Gasteiger partial charge is 0.339 e. The third-order valence-electron chi connectivity index (χ3n) is 5.48. The molecule has 9 heteroatoms. The van der Waals surface area contributed by atoms with Crippen molar-refractivity contribution in [1.82, 2.24) is 0 Å². The molecule has 0 fully saturated rings. The Kier molecular flexibility index (Phi) is 7.40. The van der Waals surface area contributed by atoms with Crippen molar-refractivity contribution in [2.75, 3.05) is 26.1 Å². The second-order valence-electron chi connectivity index (χ2n) is 7.72. The van der Waals surface area contributed by atoms with Crippen molar-refractivity contribution >= 4 is 17.8 Å². The number of methoxy groups -OCH3 is 2. The van der Waals surface area contributed by atoms with Gasteiger partial charge in [-0.25, -0.2) is 4.79 Å². The van der Waals surface area contributed by atoms with E-state index in [1.165, 1.54) is 12.1 Å². The zero-order valence-corrected chi connectivity index (χ0v) is 20.0. The van der Waals surface area contributed by atoms with E-state index in [1.807, 2.05) is 0 Å². The summed E-state index contributed by atoms with van der Waals surface area (Å²) in [5, 5.41) is 21.9. The minimum Gasteiger partial charge on any atom is -0.497 e. The summed E-state index contributed by atoms with van der Waals surface area (Å²) < 4.78 is 21.9. The summed E-state index contributed by atoms with van der Waals surface area (Å²) in [7, 11) is 3.12. The first-order valence-electron chi connectivity index (χ1n) is 11.1. The Labute approximate surface area is 212 Å². The number of anilines is 1. The van der Waals surface area contributed by atoms with Gasteiger partial charge in [-0.05, 0) is 54.1 Å². The molecule has 2 N–H and O–H groups in total. The fourth-order valence-corrected chi connectivity index (χ4v) is 3.68. The maximum Gasteiger partial charge on any atom is 0.339 e. The molecule has 0 unspecified atom stereocenters. The first kappa shape index (κ1) is 24.9. The van der Waals surface area contributed by atoms with Gasteiger partial charge in [0.15, 0.2) is 6.61 Å². The van der Waals surface area contributed by atoms with Crippen LogP contribution in [0.4, 0.5) is 5.88 Å². The lowest BCUT2D eigenvalue weighted by atomic mass is 9.98. The number of nitrogens with zero attached hydrogens (tertiary/aromatic N) is 1. The van der Waals surface area contributed by atoms with Crippen LogP contribution >= 0.6 is 0 Å². The highest BCUT2D eigenvalue weighted by Gasteiger charge is 2.25. The lowest BCUT2D eigenvalue weighted by molar-refractivity contribution is -0.118. The molecule has 0 saturated carbocycles. The minimum absolute atomic E-state index is 0.0444. The molecular formula is C28H22N2O7. The van der Waals surface area contributed by atoms with E-state index in [0.717, 1.165) is 0 Å². The summed E-state index contributed by atoms with van der Waals surface area (Å²) in [6, 6.07) is 22.3. The highest BCUT2D eigenvalue weighted by molar-refractivity contribution is 5.96. The van der Waals surface area contributed by atoms with E-state index in [1.54, 1.807) is 74.9 Å². The zero-order chi connectivity index (χ0) is 26.4. The molecule has 0 atom stereocenters. The fourth-order valence-electron chi connectivity index (χ4n) is 3.68. The number of carbonyl (C=O) groups is 2. The van der Waals surface area contributed by atoms with E-state index in [9.17, 15) is 20.0 Å². The molecule has 1 aromatic heterocycles. The maximum absolute atomic E-state index is 12.7. The van der Waals surface area contributed by atoms with Crippen molar-refractivity contribution in [3.8, 4) is 45.8 Å². The lowest BCUT2D eigenvalue weighted by Gasteiger charge is -2.08. The van der Waals surface area contributed by atoms with E-state index in [2.05, 4.69) is 11.4 Å². The van der Waals surface area contributed by atoms with Gasteiger partial charge in [-0.1, -0.05) is 24.3 Å². The summed E-state index contributed by atoms with van der Waals surface area (Å²) in [4.78, 5) is 24.1. The normalized spacial score (nSPS) is 10.3. The summed E-state index contributed by atoms with van der Waals surface area (Å²) in [5.74, 6) is -0.160. The van der Waals surface area contributed by atoms with Crippen LogP contribution in [-0.2, 0) is 4.79 Å². The van der Waals surface area contributed by atoms with Crippen molar-refractivity contribution in [1.29, 1.82) is 5.26 Å². The topological polar surface area (TPSA) is 131 Å². The van der Waals surface area contributed by atoms with E-state index in [0.29, 0.717) is 33.9 Å². The third-order valence-corrected chi connectivity index (χ3v) is 5.48. The van der Waals surface area contributed by atoms with Gasteiger partial charge in [0, 0.05) is 11.1 Å². The van der Waals surface area contributed by atoms with Crippen molar-refractivity contribution < 1.29 is 33.3 Å². The second kappa shape index (κ2) is 11.0. The molecule has 3 aromatic carbocycles. The predicted octanol–water partition coefficient (Wildman–Crippen LogP) is 5.22. The minimum atomic E-state index is -1.18. The van der Waals surface area contributed by atoms with Crippen LogP contribution in [0.5, 0.6) is 17.2 Å².